The first-order valence-corrected chi connectivity index (χ1v) is 5.01. The first-order chi connectivity index (χ1) is 7.15. The van der Waals surface area contributed by atoms with Crippen molar-refractivity contribution in [2.75, 3.05) is 5.32 Å². The second kappa shape index (κ2) is 5.29. The topological polar surface area (TPSA) is 68.1 Å². The van der Waals surface area contributed by atoms with Crippen LogP contribution in [0.5, 0.6) is 0 Å². The van der Waals surface area contributed by atoms with Gasteiger partial charge >= 0.3 is 5.82 Å². The zero-order valence-electron chi connectivity index (χ0n) is 8.93. The molecule has 1 atom stereocenters. The van der Waals surface area contributed by atoms with Crippen LogP contribution in [-0.4, -0.2) is 15.9 Å². The maximum atomic E-state index is 10.7. The molecule has 1 N–H and O–H groups in total. The first kappa shape index (κ1) is 11.4. The van der Waals surface area contributed by atoms with Crippen molar-refractivity contribution in [3.8, 4) is 0 Å². The molecule has 1 unspecified atom stereocenters. The van der Waals surface area contributed by atoms with Crippen LogP contribution in [0.3, 0.4) is 0 Å². The van der Waals surface area contributed by atoms with Crippen molar-refractivity contribution in [3.05, 3.63) is 28.4 Å². The average Bonchev–Trinajstić information content (AvgIpc) is 2.18. The number of rotatable bonds is 5. The van der Waals surface area contributed by atoms with Crippen LogP contribution < -0.4 is 5.32 Å². The second-order valence-electron chi connectivity index (χ2n) is 3.47. The van der Waals surface area contributed by atoms with Crippen LogP contribution in [0.2, 0.25) is 0 Å². The van der Waals surface area contributed by atoms with Crippen molar-refractivity contribution in [1.82, 2.24) is 4.98 Å². The monoisotopic (exact) mass is 209 g/mol. The van der Waals surface area contributed by atoms with Crippen molar-refractivity contribution in [1.29, 1.82) is 0 Å². The zero-order chi connectivity index (χ0) is 11.3. The zero-order valence-corrected chi connectivity index (χ0v) is 8.93. The molecule has 0 saturated carbocycles. The number of hydrogen-bond acceptors (Lipinski definition) is 4. The summed E-state index contributed by atoms with van der Waals surface area (Å²) in [5, 5.41) is 13.8. The van der Waals surface area contributed by atoms with Gasteiger partial charge < -0.3 is 15.4 Å². The van der Waals surface area contributed by atoms with Crippen LogP contribution in [0.15, 0.2) is 18.3 Å². The Hall–Kier alpha value is -1.65. The minimum Gasteiger partial charge on any atom is -0.376 e. The summed E-state index contributed by atoms with van der Waals surface area (Å²) in [6.45, 7) is 4.08. The molecule has 0 aliphatic rings. The lowest BCUT2D eigenvalue weighted by Gasteiger charge is -2.13. The first-order valence-electron chi connectivity index (χ1n) is 5.01. The van der Waals surface area contributed by atoms with Crippen LogP contribution in [0.4, 0.5) is 11.5 Å². The summed E-state index contributed by atoms with van der Waals surface area (Å²) in [7, 11) is 0. The van der Waals surface area contributed by atoms with Gasteiger partial charge in [-0.2, -0.15) is 0 Å². The number of anilines is 1. The van der Waals surface area contributed by atoms with E-state index in [1.54, 1.807) is 12.1 Å². The van der Waals surface area contributed by atoms with Gasteiger partial charge in [0.25, 0.3) is 0 Å². The van der Waals surface area contributed by atoms with Crippen LogP contribution in [0.25, 0.3) is 0 Å². The molecule has 0 spiro atoms. The fraction of sp³-hybridized carbons (Fsp3) is 0.500. The molecule has 1 heterocycles. The third kappa shape index (κ3) is 3.19. The summed E-state index contributed by atoms with van der Waals surface area (Å²) in [6.07, 6.45) is 3.45. The molecule has 1 aromatic rings. The number of nitro groups is 1. The van der Waals surface area contributed by atoms with Gasteiger partial charge in [0.05, 0.1) is 0 Å². The smallest absolute Gasteiger partial charge is 0.376 e. The van der Waals surface area contributed by atoms with Gasteiger partial charge in [-0.3, -0.25) is 0 Å². The van der Waals surface area contributed by atoms with E-state index in [2.05, 4.69) is 17.2 Å². The predicted molar refractivity (Wildman–Crippen MR) is 58.9 cm³/mol. The van der Waals surface area contributed by atoms with Crippen LogP contribution in [-0.2, 0) is 0 Å². The predicted octanol–water partition coefficient (Wildman–Crippen LogP) is 2.59. The standard InChI is InChI=1S/C10H15N3O2/c1-3-5-8(2)12-9-6-4-7-11-10(9)13(14)15/h4,6-8,12H,3,5H2,1-2H3. The summed E-state index contributed by atoms with van der Waals surface area (Å²) in [4.78, 5) is 13.9. The van der Waals surface area contributed by atoms with Crippen molar-refractivity contribution in [2.24, 2.45) is 0 Å². The van der Waals surface area contributed by atoms with Gasteiger partial charge in [0, 0.05) is 6.04 Å². The summed E-state index contributed by atoms with van der Waals surface area (Å²) < 4.78 is 0. The molecule has 0 fully saturated rings. The van der Waals surface area contributed by atoms with E-state index in [9.17, 15) is 10.1 Å². The van der Waals surface area contributed by atoms with Gasteiger partial charge in [-0.1, -0.05) is 13.3 Å². The minimum absolute atomic E-state index is 0.111. The highest BCUT2D eigenvalue weighted by molar-refractivity contribution is 5.56. The SMILES string of the molecule is CCCC(C)Nc1cccnc1[N+](=O)[O-]. The molecule has 0 radical (unpaired) electrons. The Labute approximate surface area is 88.7 Å². The fourth-order valence-electron chi connectivity index (χ4n) is 1.43. The maximum absolute atomic E-state index is 10.7. The van der Waals surface area contributed by atoms with Gasteiger partial charge in [-0.15, -0.1) is 0 Å². The molecule has 1 rings (SSSR count). The normalized spacial score (nSPS) is 12.1. The molecular weight excluding hydrogens is 194 g/mol. The molecule has 0 aliphatic carbocycles. The molecule has 5 nitrogen and oxygen atoms in total. The van der Waals surface area contributed by atoms with Gasteiger partial charge in [-0.05, 0) is 35.4 Å². The number of aromatic nitrogens is 1. The molecule has 0 aliphatic heterocycles. The maximum Gasteiger partial charge on any atom is 0.386 e. The van der Waals surface area contributed by atoms with E-state index in [0.29, 0.717) is 5.69 Å². The molecular formula is C10H15N3O2. The number of nitrogens with zero attached hydrogens (tertiary/aromatic N) is 2. The Morgan fingerprint density at radius 3 is 3.00 bits per heavy atom. The fourth-order valence-corrected chi connectivity index (χ4v) is 1.43. The Balaban J connectivity index is 2.79. The van der Waals surface area contributed by atoms with Gasteiger partial charge in [0.15, 0.2) is 0 Å². The third-order valence-corrected chi connectivity index (χ3v) is 2.08. The quantitative estimate of drug-likeness (QED) is 0.597. The Bertz CT molecular complexity index is 341. The summed E-state index contributed by atoms with van der Waals surface area (Å²) in [5.41, 5.74) is 0.489. The van der Waals surface area contributed by atoms with Crippen LogP contribution in [0, 0.1) is 10.1 Å². The van der Waals surface area contributed by atoms with Crippen molar-refractivity contribution >= 4 is 11.5 Å². The summed E-state index contributed by atoms with van der Waals surface area (Å²) >= 11 is 0. The minimum atomic E-state index is -0.471. The molecule has 1 aromatic heterocycles. The molecule has 82 valence electrons. The Kier molecular flexibility index (Phi) is 4.03. The van der Waals surface area contributed by atoms with Crippen molar-refractivity contribution in [3.63, 3.8) is 0 Å². The molecule has 5 heteroatoms. The van der Waals surface area contributed by atoms with Gasteiger partial charge in [-0.25, -0.2) is 0 Å². The highest BCUT2D eigenvalue weighted by atomic mass is 16.6. The van der Waals surface area contributed by atoms with E-state index in [0.717, 1.165) is 12.8 Å². The van der Waals surface area contributed by atoms with E-state index in [4.69, 9.17) is 0 Å². The molecule has 15 heavy (non-hydrogen) atoms. The summed E-state index contributed by atoms with van der Waals surface area (Å²) in [5.74, 6) is -0.111. The lowest BCUT2D eigenvalue weighted by atomic mass is 10.2. The van der Waals surface area contributed by atoms with Crippen molar-refractivity contribution < 1.29 is 4.92 Å². The average molecular weight is 209 g/mol. The van der Waals surface area contributed by atoms with Crippen LogP contribution in [0.1, 0.15) is 26.7 Å². The summed E-state index contributed by atoms with van der Waals surface area (Å²) in [6, 6.07) is 3.59. The largest absolute Gasteiger partial charge is 0.386 e. The van der Waals surface area contributed by atoms with E-state index in [1.807, 2.05) is 6.92 Å². The lowest BCUT2D eigenvalue weighted by molar-refractivity contribution is -0.388. The van der Waals surface area contributed by atoms with E-state index < -0.39 is 4.92 Å². The number of nitrogens with one attached hydrogen (secondary N) is 1. The second-order valence-corrected chi connectivity index (χ2v) is 3.47. The highest BCUT2D eigenvalue weighted by Gasteiger charge is 2.15. The molecule has 0 amide bonds. The molecule has 0 saturated heterocycles. The van der Waals surface area contributed by atoms with E-state index in [1.165, 1.54) is 6.20 Å². The molecule has 0 aromatic carbocycles. The third-order valence-electron chi connectivity index (χ3n) is 2.08. The molecule has 0 bridgehead atoms. The van der Waals surface area contributed by atoms with Crippen LogP contribution >= 0.6 is 0 Å². The Morgan fingerprint density at radius 2 is 2.40 bits per heavy atom. The van der Waals surface area contributed by atoms with E-state index in [-0.39, 0.29) is 11.9 Å². The Morgan fingerprint density at radius 1 is 1.67 bits per heavy atom. The number of hydrogen-bond donors (Lipinski definition) is 1. The van der Waals surface area contributed by atoms with Gasteiger partial charge in [0.1, 0.15) is 11.9 Å². The number of pyridine rings is 1. The lowest BCUT2D eigenvalue weighted by Crippen LogP contribution is -2.15. The van der Waals surface area contributed by atoms with Gasteiger partial charge in [0.2, 0.25) is 0 Å². The van der Waals surface area contributed by atoms with E-state index >= 15 is 0 Å². The highest BCUT2D eigenvalue weighted by Crippen LogP contribution is 2.21. The van der Waals surface area contributed by atoms with Crippen molar-refractivity contribution in [2.45, 2.75) is 32.7 Å².